The molecule has 0 aliphatic heterocycles. The lowest BCUT2D eigenvalue weighted by molar-refractivity contribution is 0.494. The molecule has 0 saturated heterocycles. The van der Waals surface area contributed by atoms with Crippen molar-refractivity contribution in [2.75, 3.05) is 0 Å². The van der Waals surface area contributed by atoms with Gasteiger partial charge in [0.1, 0.15) is 5.82 Å². The second-order valence-corrected chi connectivity index (χ2v) is 7.36. The third-order valence-electron chi connectivity index (χ3n) is 3.41. The zero-order valence-electron chi connectivity index (χ0n) is 13.0. The third-order valence-corrected chi connectivity index (χ3v) is 5.30. The van der Waals surface area contributed by atoms with Gasteiger partial charge in [-0.1, -0.05) is 23.7 Å². The number of halogens is 2. The molecule has 0 fully saturated rings. The fourth-order valence-corrected chi connectivity index (χ4v) is 3.63. The number of aryl methyl sites for hydroxylation is 1. The molecule has 0 amide bonds. The Morgan fingerprint density at radius 1 is 1.20 bits per heavy atom. The van der Waals surface area contributed by atoms with E-state index in [9.17, 15) is 12.8 Å². The number of nitrogens with zero attached hydrogens (tertiary/aromatic N) is 2. The topological polar surface area (TPSA) is 85.1 Å². The second-order valence-electron chi connectivity index (χ2n) is 5.22. The third kappa shape index (κ3) is 3.87. The first-order chi connectivity index (χ1) is 11.9. The molecule has 0 atom stereocenters. The summed E-state index contributed by atoms with van der Waals surface area (Å²) in [5, 5.41) is 8.11. The Balaban J connectivity index is 1.77. The van der Waals surface area contributed by atoms with Gasteiger partial charge in [0, 0.05) is 0 Å². The van der Waals surface area contributed by atoms with E-state index in [0.29, 0.717) is 16.1 Å². The van der Waals surface area contributed by atoms with Gasteiger partial charge in [-0.25, -0.2) is 17.5 Å². The Morgan fingerprint density at radius 3 is 2.68 bits per heavy atom. The van der Waals surface area contributed by atoms with E-state index in [4.69, 9.17) is 16.0 Å². The number of sulfonamides is 1. The molecule has 0 spiro atoms. The molecule has 0 aliphatic rings. The summed E-state index contributed by atoms with van der Waals surface area (Å²) in [6, 6.07) is 10.4. The Bertz CT molecular complexity index is 1020. The lowest BCUT2D eigenvalue weighted by atomic mass is 10.2. The van der Waals surface area contributed by atoms with Crippen LogP contribution in [0.1, 0.15) is 11.5 Å². The zero-order chi connectivity index (χ0) is 18.0. The molecule has 130 valence electrons. The average Bonchev–Trinajstić information content (AvgIpc) is 3.02. The van der Waals surface area contributed by atoms with Crippen LogP contribution in [0.25, 0.3) is 11.5 Å². The summed E-state index contributed by atoms with van der Waals surface area (Å²) >= 11 is 6.06. The van der Waals surface area contributed by atoms with Gasteiger partial charge in [0.25, 0.3) is 0 Å². The number of rotatable bonds is 5. The van der Waals surface area contributed by atoms with Gasteiger partial charge < -0.3 is 4.42 Å². The Hall–Kier alpha value is -2.29. The number of benzene rings is 2. The van der Waals surface area contributed by atoms with Gasteiger partial charge in [0.05, 0.1) is 22.0 Å². The van der Waals surface area contributed by atoms with Gasteiger partial charge in [-0.05, 0) is 42.8 Å². The maximum atomic E-state index is 13.1. The van der Waals surface area contributed by atoms with E-state index in [1.165, 1.54) is 13.0 Å². The standard InChI is InChI=1S/C16H13ClFN3O3S/c1-10-8-11(18)6-7-14(10)25(22,23)19-9-15-20-21-16(24-15)12-4-2-3-5-13(12)17/h2-8,19H,9H2,1H3. The Morgan fingerprint density at radius 2 is 1.96 bits per heavy atom. The fourth-order valence-electron chi connectivity index (χ4n) is 2.22. The lowest BCUT2D eigenvalue weighted by Crippen LogP contribution is -2.24. The van der Waals surface area contributed by atoms with Crippen LogP contribution >= 0.6 is 11.6 Å². The van der Waals surface area contributed by atoms with Crippen LogP contribution in [0.4, 0.5) is 4.39 Å². The van der Waals surface area contributed by atoms with E-state index in [1.807, 2.05) is 0 Å². The van der Waals surface area contributed by atoms with Crippen LogP contribution in [0.2, 0.25) is 5.02 Å². The molecule has 25 heavy (non-hydrogen) atoms. The molecule has 0 unspecified atom stereocenters. The molecule has 1 N–H and O–H groups in total. The normalized spacial score (nSPS) is 11.6. The first-order valence-corrected chi connectivity index (χ1v) is 9.06. The summed E-state index contributed by atoms with van der Waals surface area (Å²) in [6.07, 6.45) is 0. The van der Waals surface area contributed by atoms with Crippen molar-refractivity contribution in [1.82, 2.24) is 14.9 Å². The van der Waals surface area contributed by atoms with Crippen molar-refractivity contribution in [3.05, 3.63) is 64.8 Å². The average molecular weight is 382 g/mol. The van der Waals surface area contributed by atoms with Gasteiger partial charge in [-0.3, -0.25) is 0 Å². The molecule has 3 aromatic rings. The van der Waals surface area contributed by atoms with E-state index in [-0.39, 0.29) is 23.2 Å². The fraction of sp³-hybridized carbons (Fsp3) is 0.125. The molecule has 1 aromatic heterocycles. The summed E-state index contributed by atoms with van der Waals surface area (Å²) in [4.78, 5) is -0.0141. The second kappa shape index (κ2) is 6.91. The molecule has 9 heteroatoms. The Kier molecular flexibility index (Phi) is 4.85. The highest BCUT2D eigenvalue weighted by Gasteiger charge is 2.19. The van der Waals surface area contributed by atoms with Gasteiger partial charge in [0.15, 0.2) is 0 Å². The minimum atomic E-state index is -3.84. The number of aromatic nitrogens is 2. The Labute approximate surface area is 148 Å². The minimum absolute atomic E-state index is 0.0141. The predicted molar refractivity (Wildman–Crippen MR) is 89.9 cm³/mol. The molecule has 3 rings (SSSR count). The number of hydrogen-bond acceptors (Lipinski definition) is 5. The van der Waals surface area contributed by atoms with Gasteiger partial charge in [-0.15, -0.1) is 10.2 Å². The van der Waals surface area contributed by atoms with Gasteiger partial charge in [0.2, 0.25) is 21.8 Å². The van der Waals surface area contributed by atoms with Crippen LogP contribution < -0.4 is 4.72 Å². The molecule has 0 radical (unpaired) electrons. The molecular formula is C16H13ClFN3O3S. The first kappa shape index (κ1) is 17.5. The minimum Gasteiger partial charge on any atom is -0.419 e. The number of hydrogen-bond donors (Lipinski definition) is 1. The summed E-state index contributed by atoms with van der Waals surface area (Å²) in [6.45, 7) is 1.32. The molecule has 1 heterocycles. The van der Waals surface area contributed by atoms with Crippen LogP contribution in [-0.2, 0) is 16.6 Å². The van der Waals surface area contributed by atoms with Crippen molar-refractivity contribution in [1.29, 1.82) is 0 Å². The van der Waals surface area contributed by atoms with Crippen LogP contribution in [0, 0.1) is 12.7 Å². The highest BCUT2D eigenvalue weighted by molar-refractivity contribution is 7.89. The molecule has 0 saturated carbocycles. The van der Waals surface area contributed by atoms with Crippen LogP contribution in [0.15, 0.2) is 51.8 Å². The molecule has 6 nitrogen and oxygen atoms in total. The molecule has 0 aliphatic carbocycles. The van der Waals surface area contributed by atoms with Gasteiger partial charge in [-0.2, -0.15) is 0 Å². The summed E-state index contributed by atoms with van der Waals surface area (Å²) < 4.78 is 45.6. The SMILES string of the molecule is Cc1cc(F)ccc1S(=O)(=O)NCc1nnc(-c2ccccc2Cl)o1. The van der Waals surface area contributed by atoms with E-state index in [0.717, 1.165) is 12.1 Å². The van der Waals surface area contributed by atoms with Crippen molar-refractivity contribution in [2.24, 2.45) is 0 Å². The van der Waals surface area contributed by atoms with Crippen molar-refractivity contribution in [2.45, 2.75) is 18.4 Å². The smallest absolute Gasteiger partial charge is 0.249 e. The summed E-state index contributed by atoms with van der Waals surface area (Å²) in [5.41, 5.74) is 0.856. The van der Waals surface area contributed by atoms with Crippen molar-refractivity contribution < 1.29 is 17.2 Å². The largest absolute Gasteiger partial charge is 0.419 e. The molecule has 0 bridgehead atoms. The van der Waals surface area contributed by atoms with Gasteiger partial charge >= 0.3 is 0 Å². The quantitative estimate of drug-likeness (QED) is 0.732. The first-order valence-electron chi connectivity index (χ1n) is 7.20. The summed E-state index contributed by atoms with van der Waals surface area (Å²) in [5.74, 6) is -0.228. The molecule has 2 aromatic carbocycles. The van der Waals surface area contributed by atoms with Crippen molar-refractivity contribution in [3.8, 4) is 11.5 Å². The van der Waals surface area contributed by atoms with Crippen LogP contribution in [0.3, 0.4) is 0 Å². The van der Waals surface area contributed by atoms with Crippen molar-refractivity contribution in [3.63, 3.8) is 0 Å². The van der Waals surface area contributed by atoms with E-state index < -0.39 is 15.8 Å². The highest BCUT2D eigenvalue weighted by atomic mass is 35.5. The monoisotopic (exact) mass is 381 g/mol. The predicted octanol–water partition coefficient (Wildman–Crippen LogP) is 3.32. The lowest BCUT2D eigenvalue weighted by Gasteiger charge is -2.07. The maximum absolute atomic E-state index is 13.1. The molecular weight excluding hydrogens is 369 g/mol. The number of nitrogens with one attached hydrogen (secondary N) is 1. The van der Waals surface area contributed by atoms with Crippen molar-refractivity contribution >= 4 is 21.6 Å². The van der Waals surface area contributed by atoms with E-state index in [2.05, 4.69) is 14.9 Å². The summed E-state index contributed by atoms with van der Waals surface area (Å²) in [7, 11) is -3.84. The maximum Gasteiger partial charge on any atom is 0.249 e. The van der Waals surface area contributed by atoms with E-state index >= 15 is 0 Å². The van der Waals surface area contributed by atoms with Crippen LogP contribution in [0.5, 0.6) is 0 Å². The highest BCUT2D eigenvalue weighted by Crippen LogP contribution is 2.26. The van der Waals surface area contributed by atoms with E-state index in [1.54, 1.807) is 24.3 Å². The van der Waals surface area contributed by atoms with Crippen LogP contribution in [-0.4, -0.2) is 18.6 Å². The zero-order valence-corrected chi connectivity index (χ0v) is 14.6.